The van der Waals surface area contributed by atoms with Crippen molar-refractivity contribution in [2.45, 2.75) is 25.9 Å². The summed E-state index contributed by atoms with van der Waals surface area (Å²) in [5.74, 6) is 1.48. The minimum Gasteiger partial charge on any atom is -0.497 e. The molecule has 0 aliphatic rings. The normalized spacial score (nSPS) is 11.0. The van der Waals surface area contributed by atoms with Crippen molar-refractivity contribution in [2.24, 2.45) is 5.73 Å². The molecular formula is C17H21N3O3. The van der Waals surface area contributed by atoms with Crippen LogP contribution >= 0.6 is 0 Å². The zero-order valence-electron chi connectivity index (χ0n) is 13.5. The van der Waals surface area contributed by atoms with E-state index >= 15 is 0 Å². The molecule has 0 spiro atoms. The van der Waals surface area contributed by atoms with Crippen molar-refractivity contribution < 1.29 is 14.3 Å². The number of benzene rings is 1. The molecule has 0 aliphatic heterocycles. The summed E-state index contributed by atoms with van der Waals surface area (Å²) in [6.45, 7) is 3.59. The van der Waals surface area contributed by atoms with Gasteiger partial charge in [0.15, 0.2) is 0 Å². The van der Waals surface area contributed by atoms with E-state index < -0.39 is 5.54 Å². The van der Waals surface area contributed by atoms with E-state index in [-0.39, 0.29) is 12.5 Å². The summed E-state index contributed by atoms with van der Waals surface area (Å²) in [6, 6.07) is 10.9. The Hall–Kier alpha value is -2.60. The van der Waals surface area contributed by atoms with Crippen LogP contribution in [-0.2, 0) is 11.3 Å². The third kappa shape index (κ3) is 4.69. The van der Waals surface area contributed by atoms with Crippen LogP contribution in [0.3, 0.4) is 0 Å². The molecule has 2 rings (SSSR count). The van der Waals surface area contributed by atoms with Gasteiger partial charge in [-0.2, -0.15) is 0 Å². The van der Waals surface area contributed by atoms with Crippen molar-refractivity contribution in [2.75, 3.05) is 7.11 Å². The Morgan fingerprint density at radius 1 is 1.26 bits per heavy atom. The molecule has 0 fully saturated rings. The number of pyridine rings is 1. The van der Waals surface area contributed by atoms with Crippen LogP contribution in [0.5, 0.6) is 17.4 Å². The molecule has 23 heavy (non-hydrogen) atoms. The largest absolute Gasteiger partial charge is 0.497 e. The third-order valence-electron chi connectivity index (χ3n) is 3.13. The molecule has 1 aromatic carbocycles. The molecule has 1 heterocycles. The lowest BCUT2D eigenvalue weighted by Gasteiger charge is -2.18. The maximum atomic E-state index is 11.9. The second-order valence-electron chi connectivity index (χ2n) is 5.65. The van der Waals surface area contributed by atoms with Gasteiger partial charge in [-0.05, 0) is 32.0 Å². The predicted octanol–water partition coefficient (Wildman–Crippen LogP) is 2.24. The lowest BCUT2D eigenvalue weighted by molar-refractivity contribution is -0.125. The second kappa shape index (κ2) is 7.11. The van der Waals surface area contributed by atoms with E-state index in [9.17, 15) is 4.79 Å². The van der Waals surface area contributed by atoms with E-state index in [1.54, 1.807) is 39.3 Å². The predicted molar refractivity (Wildman–Crippen MR) is 87.4 cm³/mol. The summed E-state index contributed by atoms with van der Waals surface area (Å²) in [5.41, 5.74) is 5.59. The average molecular weight is 315 g/mol. The number of hydrogen-bond acceptors (Lipinski definition) is 5. The van der Waals surface area contributed by atoms with Crippen LogP contribution in [0.2, 0.25) is 0 Å². The summed E-state index contributed by atoms with van der Waals surface area (Å²) in [7, 11) is 1.59. The van der Waals surface area contributed by atoms with Gasteiger partial charge in [-0.25, -0.2) is 4.98 Å². The minimum absolute atomic E-state index is 0.242. The highest BCUT2D eigenvalue weighted by molar-refractivity contribution is 5.85. The zero-order valence-corrected chi connectivity index (χ0v) is 13.5. The lowest BCUT2D eigenvalue weighted by Crippen LogP contribution is -2.48. The van der Waals surface area contributed by atoms with Gasteiger partial charge in [0.1, 0.15) is 11.5 Å². The van der Waals surface area contributed by atoms with Gasteiger partial charge in [0.05, 0.1) is 12.6 Å². The molecule has 0 atom stereocenters. The number of nitrogens with one attached hydrogen (secondary N) is 1. The van der Waals surface area contributed by atoms with Crippen molar-refractivity contribution in [1.82, 2.24) is 10.3 Å². The number of carbonyl (C=O) groups excluding carboxylic acids is 1. The fourth-order valence-corrected chi connectivity index (χ4v) is 1.83. The molecule has 0 radical (unpaired) electrons. The molecule has 0 bridgehead atoms. The Morgan fingerprint density at radius 3 is 2.70 bits per heavy atom. The van der Waals surface area contributed by atoms with E-state index in [0.29, 0.717) is 17.4 Å². The molecule has 6 nitrogen and oxygen atoms in total. The highest BCUT2D eigenvalue weighted by Crippen LogP contribution is 2.26. The van der Waals surface area contributed by atoms with Gasteiger partial charge in [0.25, 0.3) is 0 Å². The Morgan fingerprint density at radius 2 is 2.00 bits per heavy atom. The van der Waals surface area contributed by atoms with E-state index in [4.69, 9.17) is 15.2 Å². The summed E-state index contributed by atoms with van der Waals surface area (Å²) in [4.78, 5) is 16.1. The van der Waals surface area contributed by atoms with Crippen molar-refractivity contribution >= 4 is 5.91 Å². The van der Waals surface area contributed by atoms with E-state index in [1.165, 1.54) is 0 Å². The molecule has 1 aromatic heterocycles. The Balaban J connectivity index is 2.12. The van der Waals surface area contributed by atoms with Crippen molar-refractivity contribution in [3.8, 4) is 17.4 Å². The highest BCUT2D eigenvalue weighted by Gasteiger charge is 2.21. The highest BCUT2D eigenvalue weighted by atomic mass is 16.5. The van der Waals surface area contributed by atoms with Crippen LogP contribution in [0, 0.1) is 0 Å². The van der Waals surface area contributed by atoms with Crippen molar-refractivity contribution in [3.05, 3.63) is 48.2 Å². The van der Waals surface area contributed by atoms with Gasteiger partial charge in [-0.15, -0.1) is 0 Å². The first-order chi connectivity index (χ1) is 10.9. The van der Waals surface area contributed by atoms with Crippen LogP contribution < -0.4 is 20.5 Å². The second-order valence-corrected chi connectivity index (χ2v) is 5.65. The number of aromatic nitrogens is 1. The smallest absolute Gasteiger partial charge is 0.239 e. The number of methoxy groups -OCH3 is 1. The molecule has 0 aliphatic carbocycles. The Labute approximate surface area is 135 Å². The first-order valence-corrected chi connectivity index (χ1v) is 7.23. The fourth-order valence-electron chi connectivity index (χ4n) is 1.83. The molecule has 0 saturated heterocycles. The summed E-state index contributed by atoms with van der Waals surface area (Å²) in [5, 5.41) is 2.78. The van der Waals surface area contributed by atoms with Crippen LogP contribution in [0.1, 0.15) is 19.4 Å². The van der Waals surface area contributed by atoms with Crippen LogP contribution in [0.4, 0.5) is 0 Å². The first-order valence-electron chi connectivity index (χ1n) is 7.23. The van der Waals surface area contributed by atoms with E-state index in [2.05, 4.69) is 10.3 Å². The maximum absolute atomic E-state index is 11.9. The van der Waals surface area contributed by atoms with Gasteiger partial charge in [-0.1, -0.05) is 12.1 Å². The quantitative estimate of drug-likeness (QED) is 0.853. The van der Waals surface area contributed by atoms with Gasteiger partial charge in [0, 0.05) is 24.4 Å². The van der Waals surface area contributed by atoms with E-state index in [1.807, 2.05) is 24.3 Å². The lowest BCUT2D eigenvalue weighted by atomic mass is 10.1. The maximum Gasteiger partial charge on any atom is 0.239 e. The number of hydrogen-bond donors (Lipinski definition) is 2. The van der Waals surface area contributed by atoms with Gasteiger partial charge in [0.2, 0.25) is 11.8 Å². The number of nitrogens with two attached hydrogens (primary N) is 1. The molecular weight excluding hydrogens is 294 g/mol. The molecule has 122 valence electrons. The standard InChI is InChI=1S/C17H21N3O3/c1-17(2,18)16(21)20-11-12-6-5-9-19-15(12)23-14-8-4-7-13(10-14)22-3/h4-10H,11,18H2,1-3H3,(H,20,21). The molecule has 6 heteroatoms. The molecule has 3 N–H and O–H groups in total. The van der Waals surface area contributed by atoms with Gasteiger partial charge < -0.3 is 20.5 Å². The zero-order chi connectivity index (χ0) is 16.9. The third-order valence-corrected chi connectivity index (χ3v) is 3.13. The van der Waals surface area contributed by atoms with Gasteiger partial charge >= 0.3 is 0 Å². The average Bonchev–Trinajstić information content (AvgIpc) is 2.53. The molecule has 2 aromatic rings. The van der Waals surface area contributed by atoms with Crippen LogP contribution in [-0.4, -0.2) is 23.5 Å². The summed E-state index contributed by atoms with van der Waals surface area (Å²) in [6.07, 6.45) is 1.63. The van der Waals surface area contributed by atoms with E-state index in [0.717, 1.165) is 5.56 Å². The fraction of sp³-hybridized carbons (Fsp3) is 0.294. The topological polar surface area (TPSA) is 86.5 Å². The monoisotopic (exact) mass is 315 g/mol. The molecule has 0 unspecified atom stereocenters. The SMILES string of the molecule is COc1cccc(Oc2ncccc2CNC(=O)C(C)(C)N)c1. The first kappa shape index (κ1) is 16.8. The minimum atomic E-state index is -0.934. The number of rotatable bonds is 6. The van der Waals surface area contributed by atoms with Crippen LogP contribution in [0.25, 0.3) is 0 Å². The summed E-state index contributed by atoms with van der Waals surface area (Å²) >= 11 is 0. The Bertz CT molecular complexity index is 681. The Kier molecular flexibility index (Phi) is 5.18. The summed E-state index contributed by atoms with van der Waals surface area (Å²) < 4.78 is 11.0. The molecule has 0 saturated carbocycles. The van der Waals surface area contributed by atoms with Crippen molar-refractivity contribution in [3.63, 3.8) is 0 Å². The van der Waals surface area contributed by atoms with Crippen molar-refractivity contribution in [1.29, 1.82) is 0 Å². The molecule has 1 amide bonds. The number of nitrogens with zero attached hydrogens (tertiary/aromatic N) is 1. The number of carbonyl (C=O) groups is 1. The number of ether oxygens (including phenoxy) is 2. The van der Waals surface area contributed by atoms with Crippen LogP contribution in [0.15, 0.2) is 42.6 Å². The number of amides is 1. The van der Waals surface area contributed by atoms with Gasteiger partial charge in [-0.3, -0.25) is 4.79 Å².